The SMILES string of the molecule is CCNc1cc(NC(C)CSCC)nc(C(C)(C)C)n1. The van der Waals surface area contributed by atoms with Gasteiger partial charge in [-0.2, -0.15) is 11.8 Å². The first-order valence-electron chi connectivity index (χ1n) is 7.34. The molecule has 0 aliphatic carbocycles. The van der Waals surface area contributed by atoms with Crippen LogP contribution >= 0.6 is 11.8 Å². The van der Waals surface area contributed by atoms with E-state index in [1.807, 2.05) is 17.8 Å². The number of thioether (sulfide) groups is 1. The first-order chi connectivity index (χ1) is 9.36. The van der Waals surface area contributed by atoms with Gasteiger partial charge in [0.1, 0.15) is 17.5 Å². The second kappa shape index (κ2) is 7.72. The van der Waals surface area contributed by atoms with Crippen molar-refractivity contribution in [3.8, 4) is 0 Å². The monoisotopic (exact) mass is 296 g/mol. The Hall–Kier alpha value is -0.970. The zero-order valence-corrected chi connectivity index (χ0v) is 14.4. The Kier molecular flexibility index (Phi) is 6.59. The van der Waals surface area contributed by atoms with E-state index in [4.69, 9.17) is 0 Å². The third kappa shape index (κ3) is 5.57. The summed E-state index contributed by atoms with van der Waals surface area (Å²) in [7, 11) is 0. The van der Waals surface area contributed by atoms with Gasteiger partial charge in [-0.1, -0.05) is 27.7 Å². The van der Waals surface area contributed by atoms with Crippen molar-refractivity contribution < 1.29 is 0 Å². The van der Waals surface area contributed by atoms with E-state index in [-0.39, 0.29) is 5.41 Å². The summed E-state index contributed by atoms with van der Waals surface area (Å²) in [4.78, 5) is 9.26. The van der Waals surface area contributed by atoms with Crippen LogP contribution in [0.15, 0.2) is 6.07 Å². The number of hydrogen-bond donors (Lipinski definition) is 2. The summed E-state index contributed by atoms with van der Waals surface area (Å²) in [6.45, 7) is 13.7. The highest BCUT2D eigenvalue weighted by Gasteiger charge is 2.19. The molecule has 0 radical (unpaired) electrons. The molecule has 0 spiro atoms. The van der Waals surface area contributed by atoms with Gasteiger partial charge in [-0.25, -0.2) is 9.97 Å². The largest absolute Gasteiger partial charge is 0.370 e. The van der Waals surface area contributed by atoms with Crippen molar-refractivity contribution in [2.45, 2.75) is 53.0 Å². The van der Waals surface area contributed by atoms with E-state index < -0.39 is 0 Å². The van der Waals surface area contributed by atoms with E-state index >= 15 is 0 Å². The van der Waals surface area contributed by atoms with Crippen LogP contribution in [0.5, 0.6) is 0 Å². The van der Waals surface area contributed by atoms with Crippen LogP contribution in [0.3, 0.4) is 0 Å². The fourth-order valence-electron chi connectivity index (χ4n) is 1.72. The lowest BCUT2D eigenvalue weighted by molar-refractivity contribution is 0.546. The molecule has 0 aliphatic rings. The highest BCUT2D eigenvalue weighted by Crippen LogP contribution is 2.22. The molecule has 1 heterocycles. The summed E-state index contributed by atoms with van der Waals surface area (Å²) in [5.41, 5.74) is -0.0523. The van der Waals surface area contributed by atoms with Gasteiger partial charge in [-0.3, -0.25) is 0 Å². The topological polar surface area (TPSA) is 49.8 Å². The highest BCUT2D eigenvalue weighted by molar-refractivity contribution is 7.99. The average molecular weight is 296 g/mol. The van der Waals surface area contributed by atoms with Crippen molar-refractivity contribution in [3.05, 3.63) is 11.9 Å². The van der Waals surface area contributed by atoms with Gasteiger partial charge in [0.15, 0.2) is 0 Å². The molecule has 1 unspecified atom stereocenters. The standard InChI is InChI=1S/C15H28N4S/c1-7-16-12-9-13(17-11(3)10-20-8-2)19-14(18-12)15(4,5)6/h9,11H,7-8,10H2,1-6H3,(H2,16,17,18,19). The number of rotatable bonds is 7. The molecule has 1 aromatic heterocycles. The van der Waals surface area contributed by atoms with Crippen LogP contribution in [0, 0.1) is 0 Å². The van der Waals surface area contributed by atoms with Gasteiger partial charge in [-0.15, -0.1) is 0 Å². The Bertz CT molecular complexity index is 415. The Morgan fingerprint density at radius 2 is 1.85 bits per heavy atom. The van der Waals surface area contributed by atoms with Gasteiger partial charge in [0.25, 0.3) is 0 Å². The summed E-state index contributed by atoms with van der Waals surface area (Å²) < 4.78 is 0. The Labute approximate surface area is 127 Å². The van der Waals surface area contributed by atoms with E-state index in [1.54, 1.807) is 0 Å². The van der Waals surface area contributed by atoms with E-state index in [9.17, 15) is 0 Å². The number of nitrogens with zero attached hydrogens (tertiary/aromatic N) is 2. The van der Waals surface area contributed by atoms with Crippen LogP contribution in [0.4, 0.5) is 11.6 Å². The van der Waals surface area contributed by atoms with Crippen molar-refractivity contribution in [2.75, 3.05) is 28.7 Å². The van der Waals surface area contributed by atoms with E-state index in [0.29, 0.717) is 6.04 Å². The lowest BCUT2D eigenvalue weighted by Crippen LogP contribution is -2.22. The third-order valence-corrected chi connectivity index (χ3v) is 3.87. The first kappa shape index (κ1) is 17.1. The predicted octanol–water partition coefficient (Wildman–Crippen LogP) is 3.76. The van der Waals surface area contributed by atoms with E-state index in [0.717, 1.165) is 35.5 Å². The smallest absolute Gasteiger partial charge is 0.138 e. The number of nitrogens with one attached hydrogen (secondary N) is 2. The normalized spacial score (nSPS) is 13.1. The molecule has 0 aliphatic heterocycles. The molecular weight excluding hydrogens is 268 g/mol. The summed E-state index contributed by atoms with van der Waals surface area (Å²) in [6, 6.07) is 2.39. The number of anilines is 2. The summed E-state index contributed by atoms with van der Waals surface area (Å²) in [5, 5.41) is 6.76. The van der Waals surface area contributed by atoms with Crippen LogP contribution in [0.2, 0.25) is 0 Å². The van der Waals surface area contributed by atoms with Crippen molar-refractivity contribution in [2.24, 2.45) is 0 Å². The summed E-state index contributed by atoms with van der Waals surface area (Å²) in [6.07, 6.45) is 0. The van der Waals surface area contributed by atoms with Gasteiger partial charge in [0, 0.05) is 29.8 Å². The maximum atomic E-state index is 4.66. The van der Waals surface area contributed by atoms with Crippen LogP contribution in [-0.2, 0) is 5.41 Å². The molecule has 1 atom stereocenters. The minimum atomic E-state index is -0.0523. The minimum absolute atomic E-state index is 0.0523. The average Bonchev–Trinajstić information content (AvgIpc) is 2.35. The molecule has 1 rings (SSSR count). The Morgan fingerprint density at radius 1 is 1.20 bits per heavy atom. The fraction of sp³-hybridized carbons (Fsp3) is 0.733. The fourth-order valence-corrected chi connectivity index (χ4v) is 2.39. The molecule has 1 aromatic rings. The number of aromatic nitrogens is 2. The lowest BCUT2D eigenvalue weighted by atomic mass is 9.96. The van der Waals surface area contributed by atoms with Crippen LogP contribution in [0.1, 0.15) is 47.4 Å². The Balaban J connectivity index is 2.91. The third-order valence-electron chi connectivity index (χ3n) is 2.72. The van der Waals surface area contributed by atoms with Crippen LogP contribution < -0.4 is 10.6 Å². The summed E-state index contributed by atoms with van der Waals surface area (Å²) >= 11 is 1.94. The molecule has 0 saturated carbocycles. The first-order valence-corrected chi connectivity index (χ1v) is 8.50. The van der Waals surface area contributed by atoms with Crippen molar-refractivity contribution in [1.29, 1.82) is 0 Å². The molecule has 0 aromatic carbocycles. The zero-order chi connectivity index (χ0) is 15.2. The maximum Gasteiger partial charge on any atom is 0.138 e. The molecule has 0 amide bonds. The van der Waals surface area contributed by atoms with Crippen LogP contribution in [-0.4, -0.2) is 34.1 Å². The number of hydrogen-bond acceptors (Lipinski definition) is 5. The molecule has 2 N–H and O–H groups in total. The molecule has 0 bridgehead atoms. The Morgan fingerprint density at radius 3 is 2.40 bits per heavy atom. The van der Waals surface area contributed by atoms with Gasteiger partial charge in [0.05, 0.1) is 0 Å². The molecule has 5 heteroatoms. The highest BCUT2D eigenvalue weighted by atomic mass is 32.2. The zero-order valence-electron chi connectivity index (χ0n) is 13.6. The molecular formula is C15H28N4S. The van der Waals surface area contributed by atoms with Crippen molar-refractivity contribution in [3.63, 3.8) is 0 Å². The van der Waals surface area contributed by atoms with Crippen molar-refractivity contribution in [1.82, 2.24) is 9.97 Å². The predicted molar refractivity (Wildman–Crippen MR) is 91.0 cm³/mol. The van der Waals surface area contributed by atoms with Gasteiger partial charge >= 0.3 is 0 Å². The molecule has 20 heavy (non-hydrogen) atoms. The van der Waals surface area contributed by atoms with Crippen molar-refractivity contribution >= 4 is 23.4 Å². The quantitative estimate of drug-likeness (QED) is 0.802. The minimum Gasteiger partial charge on any atom is -0.370 e. The maximum absolute atomic E-state index is 4.66. The van der Waals surface area contributed by atoms with Gasteiger partial charge in [0.2, 0.25) is 0 Å². The molecule has 0 fully saturated rings. The second-order valence-electron chi connectivity index (χ2n) is 5.95. The lowest BCUT2D eigenvalue weighted by Gasteiger charge is -2.21. The molecule has 4 nitrogen and oxygen atoms in total. The van der Waals surface area contributed by atoms with Crippen LogP contribution in [0.25, 0.3) is 0 Å². The van der Waals surface area contributed by atoms with Gasteiger partial charge in [-0.05, 0) is 19.6 Å². The molecule has 114 valence electrons. The van der Waals surface area contributed by atoms with E-state index in [1.165, 1.54) is 0 Å². The summed E-state index contributed by atoms with van der Waals surface area (Å²) in [5.74, 6) is 4.90. The van der Waals surface area contributed by atoms with Gasteiger partial charge < -0.3 is 10.6 Å². The van der Waals surface area contributed by atoms with E-state index in [2.05, 4.69) is 62.1 Å². The second-order valence-corrected chi connectivity index (χ2v) is 7.27. The molecule has 0 saturated heterocycles.